The molecule has 0 spiro atoms. The molecule has 18 heavy (non-hydrogen) atoms. The van der Waals surface area contributed by atoms with Crippen molar-refractivity contribution in [2.45, 2.75) is 13.8 Å². The Kier molecular flexibility index (Phi) is 3.99. The van der Waals surface area contributed by atoms with Gasteiger partial charge >= 0.3 is 0 Å². The Morgan fingerprint density at radius 2 is 2.06 bits per heavy atom. The number of nitrogens with two attached hydrogens (primary N) is 1. The molecule has 1 saturated heterocycles. The third kappa shape index (κ3) is 2.71. The lowest BCUT2D eigenvalue weighted by Crippen LogP contribution is -2.51. The van der Waals surface area contributed by atoms with Crippen LogP contribution in [0.1, 0.15) is 11.1 Å². The molecule has 0 atom stereocenters. The molecule has 0 aliphatic carbocycles. The van der Waals surface area contributed by atoms with E-state index in [4.69, 9.17) is 5.73 Å². The molecule has 0 radical (unpaired) electrons. The number of aryl methyl sites for hydroxylation is 2. The van der Waals surface area contributed by atoms with Crippen molar-refractivity contribution in [2.75, 3.05) is 37.6 Å². The van der Waals surface area contributed by atoms with Crippen LogP contribution in [0.25, 0.3) is 0 Å². The SMILES string of the molecule is Cc1ccc(C)c(N2CCN(CCN)CC2=O)c1. The lowest BCUT2D eigenvalue weighted by Gasteiger charge is -2.35. The van der Waals surface area contributed by atoms with E-state index in [0.29, 0.717) is 13.1 Å². The van der Waals surface area contributed by atoms with Gasteiger partial charge in [0.25, 0.3) is 0 Å². The van der Waals surface area contributed by atoms with Crippen molar-refractivity contribution in [2.24, 2.45) is 5.73 Å². The van der Waals surface area contributed by atoms with Gasteiger partial charge in [0.05, 0.1) is 6.54 Å². The van der Waals surface area contributed by atoms with Crippen molar-refractivity contribution in [1.82, 2.24) is 4.90 Å². The molecule has 1 amide bonds. The van der Waals surface area contributed by atoms with Gasteiger partial charge in [-0.3, -0.25) is 9.69 Å². The van der Waals surface area contributed by atoms with Crippen molar-refractivity contribution in [3.63, 3.8) is 0 Å². The summed E-state index contributed by atoms with van der Waals surface area (Å²) in [5, 5.41) is 0. The summed E-state index contributed by atoms with van der Waals surface area (Å²) in [4.78, 5) is 16.2. The maximum absolute atomic E-state index is 12.2. The fourth-order valence-electron chi connectivity index (χ4n) is 2.36. The highest BCUT2D eigenvalue weighted by Crippen LogP contribution is 2.23. The molecule has 1 aliphatic rings. The molecule has 98 valence electrons. The van der Waals surface area contributed by atoms with Gasteiger partial charge < -0.3 is 10.6 Å². The number of piperazine rings is 1. The minimum absolute atomic E-state index is 0.170. The number of benzene rings is 1. The number of hydrogen-bond donors (Lipinski definition) is 1. The van der Waals surface area contributed by atoms with Gasteiger partial charge in [0.15, 0.2) is 0 Å². The van der Waals surface area contributed by atoms with Crippen molar-refractivity contribution in [3.05, 3.63) is 29.3 Å². The van der Waals surface area contributed by atoms with Crippen LogP contribution in [-0.2, 0) is 4.79 Å². The number of hydrogen-bond acceptors (Lipinski definition) is 3. The van der Waals surface area contributed by atoms with Crippen molar-refractivity contribution in [3.8, 4) is 0 Å². The van der Waals surface area contributed by atoms with Crippen LogP contribution >= 0.6 is 0 Å². The lowest BCUT2D eigenvalue weighted by molar-refractivity contribution is -0.121. The van der Waals surface area contributed by atoms with Gasteiger partial charge in [0.2, 0.25) is 5.91 Å². The predicted octanol–water partition coefficient (Wildman–Crippen LogP) is 0.911. The molecule has 0 unspecified atom stereocenters. The van der Waals surface area contributed by atoms with Gasteiger partial charge in [0.1, 0.15) is 0 Å². The van der Waals surface area contributed by atoms with Crippen LogP contribution in [0.5, 0.6) is 0 Å². The Labute approximate surface area is 108 Å². The summed E-state index contributed by atoms with van der Waals surface area (Å²) in [7, 11) is 0. The highest BCUT2D eigenvalue weighted by atomic mass is 16.2. The molecule has 1 aliphatic heterocycles. The Morgan fingerprint density at radius 3 is 2.72 bits per heavy atom. The van der Waals surface area contributed by atoms with Gasteiger partial charge in [-0.1, -0.05) is 12.1 Å². The smallest absolute Gasteiger partial charge is 0.241 e. The monoisotopic (exact) mass is 247 g/mol. The Balaban J connectivity index is 2.15. The molecule has 0 aromatic heterocycles. The highest BCUT2D eigenvalue weighted by molar-refractivity contribution is 5.96. The second-order valence-corrected chi connectivity index (χ2v) is 4.90. The van der Waals surface area contributed by atoms with E-state index in [0.717, 1.165) is 30.9 Å². The normalized spacial score (nSPS) is 17.3. The van der Waals surface area contributed by atoms with Gasteiger partial charge in [-0.25, -0.2) is 0 Å². The lowest BCUT2D eigenvalue weighted by atomic mass is 10.1. The Bertz CT molecular complexity index is 445. The van der Waals surface area contributed by atoms with Crippen LogP contribution in [0.3, 0.4) is 0 Å². The molecule has 1 heterocycles. The first-order valence-electron chi connectivity index (χ1n) is 6.42. The van der Waals surface area contributed by atoms with E-state index in [1.54, 1.807) is 0 Å². The fourth-order valence-corrected chi connectivity index (χ4v) is 2.36. The van der Waals surface area contributed by atoms with Gasteiger partial charge in [-0.05, 0) is 31.0 Å². The fraction of sp³-hybridized carbons (Fsp3) is 0.500. The third-order valence-corrected chi connectivity index (χ3v) is 3.40. The number of carbonyl (C=O) groups is 1. The second kappa shape index (κ2) is 5.50. The van der Waals surface area contributed by atoms with Crippen LogP contribution in [0.15, 0.2) is 18.2 Å². The highest BCUT2D eigenvalue weighted by Gasteiger charge is 2.25. The number of rotatable bonds is 3. The van der Waals surface area contributed by atoms with Gasteiger partial charge in [-0.2, -0.15) is 0 Å². The first-order valence-corrected chi connectivity index (χ1v) is 6.42. The Hall–Kier alpha value is -1.39. The molecule has 0 saturated carbocycles. The molecule has 4 heteroatoms. The van der Waals surface area contributed by atoms with Crippen LogP contribution in [0.2, 0.25) is 0 Å². The molecule has 2 rings (SSSR count). The standard InChI is InChI=1S/C14H21N3O/c1-11-3-4-12(2)13(9-11)17-8-7-16(6-5-15)10-14(17)18/h3-4,9H,5-8,10,15H2,1-2H3. The molecule has 1 aromatic rings. The summed E-state index contributed by atoms with van der Waals surface area (Å²) >= 11 is 0. The molecule has 0 bridgehead atoms. The summed E-state index contributed by atoms with van der Waals surface area (Å²) in [5.41, 5.74) is 8.92. The van der Waals surface area contributed by atoms with Crippen LogP contribution in [0.4, 0.5) is 5.69 Å². The predicted molar refractivity (Wildman–Crippen MR) is 73.8 cm³/mol. The molecule has 1 fully saturated rings. The largest absolute Gasteiger partial charge is 0.329 e. The molecule has 1 aromatic carbocycles. The van der Waals surface area contributed by atoms with Crippen LogP contribution in [-0.4, -0.2) is 43.5 Å². The molecular formula is C14H21N3O. The van der Waals surface area contributed by atoms with Crippen LogP contribution < -0.4 is 10.6 Å². The first kappa shape index (κ1) is 13.1. The van der Waals surface area contributed by atoms with Crippen molar-refractivity contribution in [1.29, 1.82) is 0 Å². The van der Waals surface area contributed by atoms with E-state index >= 15 is 0 Å². The number of amides is 1. The van der Waals surface area contributed by atoms with Crippen molar-refractivity contribution < 1.29 is 4.79 Å². The Morgan fingerprint density at radius 1 is 1.28 bits per heavy atom. The first-order chi connectivity index (χ1) is 8.61. The van der Waals surface area contributed by atoms with E-state index in [1.165, 1.54) is 5.56 Å². The minimum atomic E-state index is 0.170. The van der Waals surface area contributed by atoms with Crippen LogP contribution in [0, 0.1) is 13.8 Å². The zero-order valence-electron chi connectivity index (χ0n) is 11.1. The second-order valence-electron chi connectivity index (χ2n) is 4.90. The third-order valence-electron chi connectivity index (χ3n) is 3.40. The maximum atomic E-state index is 12.2. The van der Waals surface area contributed by atoms with E-state index in [-0.39, 0.29) is 5.91 Å². The minimum Gasteiger partial charge on any atom is -0.329 e. The summed E-state index contributed by atoms with van der Waals surface area (Å²) in [6.07, 6.45) is 0. The van der Waals surface area contributed by atoms with Crippen molar-refractivity contribution >= 4 is 11.6 Å². The quantitative estimate of drug-likeness (QED) is 0.864. The summed E-state index contributed by atoms with van der Waals surface area (Å²) < 4.78 is 0. The average molecular weight is 247 g/mol. The molecular weight excluding hydrogens is 226 g/mol. The van der Waals surface area contributed by atoms with E-state index in [1.807, 2.05) is 11.8 Å². The van der Waals surface area contributed by atoms with E-state index in [2.05, 4.69) is 30.0 Å². The average Bonchev–Trinajstić information content (AvgIpc) is 2.33. The summed E-state index contributed by atoms with van der Waals surface area (Å²) in [6, 6.07) is 6.24. The molecule has 4 nitrogen and oxygen atoms in total. The van der Waals surface area contributed by atoms with Gasteiger partial charge in [0, 0.05) is 31.9 Å². The van der Waals surface area contributed by atoms with E-state index in [9.17, 15) is 4.79 Å². The van der Waals surface area contributed by atoms with Gasteiger partial charge in [-0.15, -0.1) is 0 Å². The number of carbonyl (C=O) groups excluding carboxylic acids is 1. The summed E-state index contributed by atoms with van der Waals surface area (Å²) in [5.74, 6) is 0.170. The zero-order chi connectivity index (χ0) is 13.1. The van der Waals surface area contributed by atoms with E-state index < -0.39 is 0 Å². The topological polar surface area (TPSA) is 49.6 Å². The number of anilines is 1. The summed E-state index contributed by atoms with van der Waals surface area (Å²) in [6.45, 7) is 7.64. The number of nitrogens with zero attached hydrogens (tertiary/aromatic N) is 2. The zero-order valence-corrected chi connectivity index (χ0v) is 11.1. The molecule has 2 N–H and O–H groups in total. The maximum Gasteiger partial charge on any atom is 0.241 e.